The van der Waals surface area contributed by atoms with E-state index in [0.717, 1.165) is 10.2 Å². The average molecular weight is 337 g/mol. The summed E-state index contributed by atoms with van der Waals surface area (Å²) in [6, 6.07) is 10.3. The fourth-order valence-electron chi connectivity index (χ4n) is 1.66. The van der Waals surface area contributed by atoms with Gasteiger partial charge in [-0.05, 0) is 35.0 Å². The van der Waals surface area contributed by atoms with E-state index in [4.69, 9.17) is 0 Å². The molecule has 2 aromatic rings. The van der Waals surface area contributed by atoms with Gasteiger partial charge in [0.05, 0.1) is 22.7 Å². The van der Waals surface area contributed by atoms with E-state index < -0.39 is 4.92 Å². The van der Waals surface area contributed by atoms with Crippen LogP contribution in [0.4, 0.5) is 23.0 Å². The van der Waals surface area contributed by atoms with E-state index >= 15 is 0 Å². The molecule has 0 spiro atoms. The zero-order valence-electron chi connectivity index (χ0n) is 10.8. The Bertz CT molecular complexity index is 634. The second-order valence-corrected chi connectivity index (χ2v) is 4.84. The lowest BCUT2D eigenvalue weighted by molar-refractivity contribution is -0.384. The number of hydrogen-bond donors (Lipinski definition) is 2. The molecular weight excluding hydrogens is 324 g/mol. The Hall–Kier alpha value is -2.15. The molecule has 0 saturated heterocycles. The van der Waals surface area contributed by atoms with Crippen LogP contribution in [0.15, 0.2) is 40.9 Å². The van der Waals surface area contributed by atoms with Crippen molar-refractivity contribution in [2.24, 2.45) is 0 Å². The molecule has 20 heavy (non-hydrogen) atoms. The minimum Gasteiger partial charge on any atom is -0.370 e. The molecule has 2 rings (SSSR count). The molecule has 1 aromatic carbocycles. The van der Waals surface area contributed by atoms with Gasteiger partial charge in [-0.3, -0.25) is 10.1 Å². The summed E-state index contributed by atoms with van der Waals surface area (Å²) in [7, 11) is 0. The molecular formula is C13H13BrN4O2. The van der Waals surface area contributed by atoms with Crippen molar-refractivity contribution in [1.82, 2.24) is 4.98 Å². The fraction of sp³-hybridized carbons (Fsp3) is 0.154. The number of rotatable bonds is 5. The molecule has 0 fully saturated rings. The lowest BCUT2D eigenvalue weighted by Gasteiger charge is -2.09. The fourth-order valence-corrected chi connectivity index (χ4v) is 2.04. The Balaban J connectivity index is 2.35. The lowest BCUT2D eigenvalue weighted by atomic mass is 10.3. The number of nitrogens with one attached hydrogen (secondary N) is 2. The maximum atomic E-state index is 10.9. The molecule has 6 nitrogen and oxygen atoms in total. The Morgan fingerprint density at radius 2 is 2.00 bits per heavy atom. The van der Waals surface area contributed by atoms with Gasteiger partial charge < -0.3 is 10.6 Å². The highest BCUT2D eigenvalue weighted by atomic mass is 79.9. The van der Waals surface area contributed by atoms with Gasteiger partial charge in [-0.2, -0.15) is 0 Å². The van der Waals surface area contributed by atoms with E-state index in [1.54, 1.807) is 0 Å². The molecule has 0 unspecified atom stereocenters. The largest absolute Gasteiger partial charge is 0.370 e. The van der Waals surface area contributed by atoms with Gasteiger partial charge in [0.25, 0.3) is 5.69 Å². The molecule has 0 atom stereocenters. The second kappa shape index (κ2) is 6.33. The van der Waals surface area contributed by atoms with Crippen molar-refractivity contribution in [3.8, 4) is 0 Å². The van der Waals surface area contributed by atoms with Crippen LogP contribution in [0.2, 0.25) is 0 Å². The number of hydrogen-bond acceptors (Lipinski definition) is 5. The Kier molecular flexibility index (Phi) is 4.52. The van der Waals surface area contributed by atoms with E-state index in [0.29, 0.717) is 18.2 Å². The van der Waals surface area contributed by atoms with Crippen molar-refractivity contribution in [3.63, 3.8) is 0 Å². The Morgan fingerprint density at radius 1 is 1.30 bits per heavy atom. The molecule has 2 N–H and O–H groups in total. The first-order valence-corrected chi connectivity index (χ1v) is 6.81. The maximum Gasteiger partial charge on any atom is 0.276 e. The molecule has 0 saturated carbocycles. The van der Waals surface area contributed by atoms with Crippen molar-refractivity contribution < 1.29 is 4.92 Å². The van der Waals surface area contributed by atoms with Crippen molar-refractivity contribution in [3.05, 3.63) is 51.0 Å². The summed E-state index contributed by atoms with van der Waals surface area (Å²) < 4.78 is 0.860. The van der Waals surface area contributed by atoms with E-state index in [1.165, 1.54) is 12.1 Å². The third kappa shape index (κ3) is 3.45. The van der Waals surface area contributed by atoms with Gasteiger partial charge in [0, 0.05) is 11.0 Å². The number of pyridine rings is 1. The molecule has 0 aliphatic carbocycles. The topological polar surface area (TPSA) is 80.1 Å². The van der Waals surface area contributed by atoms with Crippen LogP contribution in [0.5, 0.6) is 0 Å². The smallest absolute Gasteiger partial charge is 0.276 e. The zero-order valence-corrected chi connectivity index (χ0v) is 12.3. The Morgan fingerprint density at radius 3 is 2.65 bits per heavy atom. The van der Waals surface area contributed by atoms with Crippen LogP contribution in [-0.4, -0.2) is 16.5 Å². The number of nitrogens with zero attached hydrogens (tertiary/aromatic N) is 2. The van der Waals surface area contributed by atoms with Gasteiger partial charge in [0.1, 0.15) is 11.6 Å². The van der Waals surface area contributed by atoms with Crippen molar-refractivity contribution >= 4 is 38.9 Å². The highest BCUT2D eigenvalue weighted by Gasteiger charge is 2.11. The molecule has 1 aromatic heterocycles. The third-order valence-corrected chi connectivity index (χ3v) is 3.21. The number of aromatic nitrogens is 1. The molecule has 0 amide bonds. The van der Waals surface area contributed by atoms with Crippen LogP contribution >= 0.6 is 15.9 Å². The quantitative estimate of drug-likeness (QED) is 0.638. The normalized spacial score (nSPS) is 10.1. The van der Waals surface area contributed by atoms with Crippen molar-refractivity contribution in [1.29, 1.82) is 0 Å². The Labute approximate surface area is 124 Å². The van der Waals surface area contributed by atoms with E-state index in [2.05, 4.69) is 31.5 Å². The number of nitro groups is 1. The SMILES string of the molecule is CCNc1cc([N+](=O)[O-])cc(Nc2ccccc2Br)n1. The highest BCUT2D eigenvalue weighted by molar-refractivity contribution is 9.10. The van der Waals surface area contributed by atoms with Crippen LogP contribution in [0.3, 0.4) is 0 Å². The predicted molar refractivity (Wildman–Crippen MR) is 82.5 cm³/mol. The van der Waals surface area contributed by atoms with Gasteiger partial charge in [0.2, 0.25) is 0 Å². The van der Waals surface area contributed by atoms with E-state index in [-0.39, 0.29) is 5.69 Å². The van der Waals surface area contributed by atoms with E-state index in [1.807, 2.05) is 31.2 Å². The molecule has 0 aliphatic rings. The maximum absolute atomic E-state index is 10.9. The summed E-state index contributed by atoms with van der Waals surface area (Å²) in [6.45, 7) is 2.55. The van der Waals surface area contributed by atoms with Gasteiger partial charge in [0.15, 0.2) is 0 Å². The number of benzene rings is 1. The van der Waals surface area contributed by atoms with Crippen LogP contribution in [0.25, 0.3) is 0 Å². The summed E-state index contributed by atoms with van der Waals surface area (Å²) in [5.41, 5.74) is 0.786. The van der Waals surface area contributed by atoms with Gasteiger partial charge >= 0.3 is 0 Å². The van der Waals surface area contributed by atoms with Crippen LogP contribution in [0, 0.1) is 10.1 Å². The standard InChI is InChI=1S/C13H13BrN4O2/c1-2-15-12-7-9(18(19)20)8-13(17-12)16-11-6-4-3-5-10(11)14/h3-8H,2H2,1H3,(H2,15,16,17). The lowest BCUT2D eigenvalue weighted by Crippen LogP contribution is -2.03. The summed E-state index contributed by atoms with van der Waals surface area (Å²) in [6.07, 6.45) is 0. The zero-order chi connectivity index (χ0) is 14.5. The number of anilines is 3. The summed E-state index contributed by atoms with van der Waals surface area (Å²) in [5, 5.41) is 17.0. The first-order chi connectivity index (χ1) is 9.60. The predicted octanol–water partition coefficient (Wildman–Crippen LogP) is 3.93. The molecule has 0 aliphatic heterocycles. The molecule has 1 heterocycles. The average Bonchev–Trinajstić information content (AvgIpc) is 2.41. The van der Waals surface area contributed by atoms with Crippen molar-refractivity contribution in [2.75, 3.05) is 17.2 Å². The minimum atomic E-state index is -0.437. The van der Waals surface area contributed by atoms with Crippen LogP contribution in [0.1, 0.15) is 6.92 Å². The third-order valence-electron chi connectivity index (χ3n) is 2.52. The van der Waals surface area contributed by atoms with Gasteiger partial charge in [-0.1, -0.05) is 12.1 Å². The van der Waals surface area contributed by atoms with E-state index in [9.17, 15) is 10.1 Å². The molecule has 7 heteroatoms. The van der Waals surface area contributed by atoms with Crippen LogP contribution < -0.4 is 10.6 Å². The summed E-state index contributed by atoms with van der Waals surface area (Å²) in [5.74, 6) is 0.887. The van der Waals surface area contributed by atoms with Crippen molar-refractivity contribution in [2.45, 2.75) is 6.92 Å². The summed E-state index contributed by atoms with van der Waals surface area (Å²) in [4.78, 5) is 14.8. The van der Waals surface area contributed by atoms with Gasteiger partial charge in [-0.25, -0.2) is 4.98 Å². The monoisotopic (exact) mass is 336 g/mol. The molecule has 0 radical (unpaired) electrons. The van der Waals surface area contributed by atoms with Gasteiger partial charge in [-0.15, -0.1) is 0 Å². The summed E-state index contributed by atoms with van der Waals surface area (Å²) >= 11 is 3.41. The first kappa shape index (κ1) is 14.3. The molecule has 104 valence electrons. The first-order valence-electron chi connectivity index (χ1n) is 6.02. The second-order valence-electron chi connectivity index (χ2n) is 3.99. The van der Waals surface area contributed by atoms with Crippen LogP contribution in [-0.2, 0) is 0 Å². The number of para-hydroxylation sites is 1. The number of halogens is 1. The minimum absolute atomic E-state index is 0.00879. The molecule has 0 bridgehead atoms. The highest BCUT2D eigenvalue weighted by Crippen LogP contribution is 2.27.